The quantitative estimate of drug-likeness (QED) is 0.785. The number of aryl methyl sites for hydroxylation is 1. The number of benzene rings is 2. The molecule has 0 aromatic heterocycles. The minimum atomic E-state index is -0.418. The van der Waals surface area contributed by atoms with Crippen molar-refractivity contribution < 1.29 is 9.84 Å². The van der Waals surface area contributed by atoms with E-state index in [0.29, 0.717) is 0 Å². The zero-order valence-corrected chi connectivity index (χ0v) is 9.80. The van der Waals surface area contributed by atoms with Gasteiger partial charge in [0.25, 0.3) is 0 Å². The molecule has 0 heterocycles. The first kappa shape index (κ1) is 11.7. The molecule has 2 aromatic carbocycles. The maximum Gasteiger partial charge on any atom is 0.150 e. The Kier molecular flexibility index (Phi) is 3.78. The second kappa shape index (κ2) is 5.51. The lowest BCUT2D eigenvalue weighted by Crippen LogP contribution is -2.11. The fraction of sp³-hybridized carbons (Fsp3) is 0.200. The normalized spacial score (nSPS) is 12.1. The average Bonchev–Trinajstić information content (AvgIpc) is 2.39. The van der Waals surface area contributed by atoms with Gasteiger partial charge in [0.1, 0.15) is 12.4 Å². The number of rotatable bonds is 4. The van der Waals surface area contributed by atoms with Gasteiger partial charge in [-0.3, -0.25) is 0 Å². The predicted molar refractivity (Wildman–Crippen MR) is 66.5 cm³/mol. The molecule has 0 amide bonds. The molecule has 0 aliphatic rings. The Balaban J connectivity index is 2.13. The van der Waals surface area contributed by atoms with Crippen molar-refractivity contribution in [2.45, 2.75) is 13.0 Å². The molecule has 0 N–H and O–H groups in total. The monoisotopic (exact) mass is 227 g/mol. The fourth-order valence-corrected chi connectivity index (χ4v) is 1.65. The lowest BCUT2D eigenvalue weighted by Gasteiger charge is -2.16. The van der Waals surface area contributed by atoms with Crippen molar-refractivity contribution in [1.82, 2.24) is 0 Å². The standard InChI is InChI=1S/C15H15O2/c1-12-7-9-14(10-8-12)17-15(11-16)13-5-3-2-4-6-13/h2-10,15H,11H2,1H3. The molecule has 0 fully saturated rings. The van der Waals surface area contributed by atoms with Crippen molar-refractivity contribution in [2.75, 3.05) is 6.61 Å². The highest BCUT2D eigenvalue weighted by Gasteiger charge is 2.12. The van der Waals surface area contributed by atoms with Crippen LogP contribution in [0.1, 0.15) is 17.2 Å². The summed E-state index contributed by atoms with van der Waals surface area (Å²) in [6.07, 6.45) is -0.418. The molecule has 0 saturated heterocycles. The van der Waals surface area contributed by atoms with E-state index in [9.17, 15) is 5.11 Å². The summed E-state index contributed by atoms with van der Waals surface area (Å²) in [4.78, 5) is 0. The van der Waals surface area contributed by atoms with E-state index in [4.69, 9.17) is 4.74 Å². The van der Waals surface area contributed by atoms with E-state index in [1.165, 1.54) is 5.56 Å². The van der Waals surface area contributed by atoms with E-state index in [1.807, 2.05) is 61.5 Å². The molecule has 2 rings (SSSR count). The van der Waals surface area contributed by atoms with Crippen LogP contribution in [-0.2, 0) is 5.11 Å². The maximum absolute atomic E-state index is 11.2. The van der Waals surface area contributed by atoms with E-state index in [-0.39, 0.29) is 6.61 Å². The van der Waals surface area contributed by atoms with Gasteiger partial charge in [-0.1, -0.05) is 48.0 Å². The van der Waals surface area contributed by atoms with Gasteiger partial charge in [0.15, 0.2) is 6.10 Å². The van der Waals surface area contributed by atoms with E-state index in [2.05, 4.69) is 0 Å². The first-order valence-corrected chi connectivity index (χ1v) is 5.66. The van der Waals surface area contributed by atoms with Crippen LogP contribution < -0.4 is 4.74 Å². The molecule has 0 aliphatic carbocycles. The second-order valence-electron chi connectivity index (χ2n) is 4.00. The SMILES string of the molecule is Cc1ccc(OC(C[O])c2ccccc2)cc1. The summed E-state index contributed by atoms with van der Waals surface area (Å²) < 4.78 is 5.69. The Labute approximate surface area is 101 Å². The van der Waals surface area contributed by atoms with Gasteiger partial charge in [0, 0.05) is 0 Å². The van der Waals surface area contributed by atoms with Crippen molar-refractivity contribution in [1.29, 1.82) is 0 Å². The van der Waals surface area contributed by atoms with Crippen LogP contribution >= 0.6 is 0 Å². The zero-order valence-electron chi connectivity index (χ0n) is 9.80. The third kappa shape index (κ3) is 3.08. The summed E-state index contributed by atoms with van der Waals surface area (Å²) in [5.74, 6) is 0.736. The maximum atomic E-state index is 11.2. The first-order valence-electron chi connectivity index (χ1n) is 5.66. The smallest absolute Gasteiger partial charge is 0.150 e. The van der Waals surface area contributed by atoms with Crippen LogP contribution in [0.4, 0.5) is 0 Å². The minimum absolute atomic E-state index is 0.280. The largest absolute Gasteiger partial charge is 0.483 e. The average molecular weight is 227 g/mol. The van der Waals surface area contributed by atoms with Crippen molar-refractivity contribution in [3.8, 4) is 5.75 Å². The number of hydrogen-bond acceptors (Lipinski definition) is 1. The molecule has 2 heteroatoms. The molecule has 1 radical (unpaired) electrons. The molecule has 1 atom stereocenters. The van der Waals surface area contributed by atoms with Crippen LogP contribution in [0.2, 0.25) is 0 Å². The van der Waals surface area contributed by atoms with Crippen LogP contribution in [0, 0.1) is 6.92 Å². The summed E-state index contributed by atoms with van der Waals surface area (Å²) in [5, 5.41) is 11.2. The summed E-state index contributed by atoms with van der Waals surface area (Å²) >= 11 is 0. The van der Waals surface area contributed by atoms with E-state index >= 15 is 0 Å². The highest BCUT2D eigenvalue weighted by atomic mass is 16.5. The highest BCUT2D eigenvalue weighted by molar-refractivity contribution is 5.28. The molecular weight excluding hydrogens is 212 g/mol. The van der Waals surface area contributed by atoms with Crippen LogP contribution in [0.3, 0.4) is 0 Å². The third-order valence-electron chi connectivity index (χ3n) is 2.62. The number of hydrogen-bond donors (Lipinski definition) is 0. The van der Waals surface area contributed by atoms with Gasteiger partial charge in [0.2, 0.25) is 0 Å². The molecule has 2 nitrogen and oxygen atoms in total. The molecule has 87 valence electrons. The van der Waals surface area contributed by atoms with Crippen LogP contribution in [0.25, 0.3) is 0 Å². The van der Waals surface area contributed by atoms with Crippen molar-refractivity contribution in [3.05, 3.63) is 65.7 Å². The summed E-state index contributed by atoms with van der Waals surface area (Å²) in [6, 6.07) is 17.3. The Morgan fingerprint density at radius 3 is 2.24 bits per heavy atom. The summed E-state index contributed by atoms with van der Waals surface area (Å²) in [6.45, 7) is 1.74. The second-order valence-corrected chi connectivity index (χ2v) is 4.00. The van der Waals surface area contributed by atoms with Crippen molar-refractivity contribution in [2.24, 2.45) is 0 Å². The van der Waals surface area contributed by atoms with Gasteiger partial charge in [-0.05, 0) is 24.6 Å². The van der Waals surface area contributed by atoms with Crippen LogP contribution in [-0.4, -0.2) is 6.61 Å². The first-order chi connectivity index (χ1) is 8.29. The van der Waals surface area contributed by atoms with Gasteiger partial charge in [-0.2, -0.15) is 0 Å². The fourth-order valence-electron chi connectivity index (χ4n) is 1.65. The molecule has 17 heavy (non-hydrogen) atoms. The van der Waals surface area contributed by atoms with Crippen molar-refractivity contribution in [3.63, 3.8) is 0 Å². The number of ether oxygens (including phenoxy) is 1. The molecule has 0 spiro atoms. The summed E-state index contributed by atoms with van der Waals surface area (Å²) in [7, 11) is 0. The van der Waals surface area contributed by atoms with Crippen LogP contribution in [0.15, 0.2) is 54.6 Å². The molecule has 0 bridgehead atoms. The van der Waals surface area contributed by atoms with Gasteiger partial charge >= 0.3 is 0 Å². The third-order valence-corrected chi connectivity index (χ3v) is 2.62. The van der Waals surface area contributed by atoms with Gasteiger partial charge in [-0.15, -0.1) is 0 Å². The Hall–Kier alpha value is -1.80. The lowest BCUT2D eigenvalue weighted by atomic mass is 10.1. The minimum Gasteiger partial charge on any atom is -0.483 e. The van der Waals surface area contributed by atoms with Gasteiger partial charge < -0.3 is 4.74 Å². The predicted octanol–water partition coefficient (Wildman–Crippen LogP) is 3.55. The van der Waals surface area contributed by atoms with Crippen LogP contribution in [0.5, 0.6) is 5.75 Å². The van der Waals surface area contributed by atoms with Gasteiger partial charge in [-0.25, -0.2) is 5.11 Å². The topological polar surface area (TPSA) is 29.1 Å². The van der Waals surface area contributed by atoms with E-state index < -0.39 is 6.10 Å². The molecular formula is C15H15O2. The molecule has 0 aliphatic heterocycles. The lowest BCUT2D eigenvalue weighted by molar-refractivity contribution is 0.0716. The summed E-state index contributed by atoms with van der Waals surface area (Å²) in [5.41, 5.74) is 2.10. The van der Waals surface area contributed by atoms with E-state index in [1.54, 1.807) is 0 Å². The van der Waals surface area contributed by atoms with Gasteiger partial charge in [0.05, 0.1) is 0 Å². The molecule has 0 saturated carbocycles. The molecule has 2 aromatic rings. The van der Waals surface area contributed by atoms with E-state index in [0.717, 1.165) is 11.3 Å². The Morgan fingerprint density at radius 1 is 1.00 bits per heavy atom. The zero-order chi connectivity index (χ0) is 12.1. The highest BCUT2D eigenvalue weighted by Crippen LogP contribution is 2.21. The van der Waals surface area contributed by atoms with Crippen molar-refractivity contribution >= 4 is 0 Å². The Morgan fingerprint density at radius 2 is 1.65 bits per heavy atom. The molecule has 1 unspecified atom stereocenters. The Bertz CT molecular complexity index is 448.